The second-order valence-corrected chi connectivity index (χ2v) is 7.44. The molecule has 0 bridgehead atoms. The molecule has 110 valence electrons. The van der Waals surface area contributed by atoms with Crippen LogP contribution in [0.3, 0.4) is 0 Å². The van der Waals surface area contributed by atoms with Gasteiger partial charge in [-0.3, -0.25) is 5.10 Å². The van der Waals surface area contributed by atoms with Crippen molar-refractivity contribution in [2.24, 2.45) is 5.73 Å². The van der Waals surface area contributed by atoms with Crippen molar-refractivity contribution in [1.82, 2.24) is 19.9 Å². The van der Waals surface area contributed by atoms with E-state index in [4.69, 9.17) is 5.73 Å². The Labute approximate surface area is 121 Å². The van der Waals surface area contributed by atoms with Crippen LogP contribution < -0.4 is 10.5 Å². The Balaban J connectivity index is 1.90. The van der Waals surface area contributed by atoms with Crippen LogP contribution in [0.25, 0.3) is 0 Å². The van der Waals surface area contributed by atoms with Gasteiger partial charge in [-0.05, 0) is 25.0 Å². The van der Waals surface area contributed by atoms with Crippen LogP contribution in [0.15, 0.2) is 16.6 Å². The summed E-state index contributed by atoms with van der Waals surface area (Å²) in [6.07, 6.45) is 2.74. The van der Waals surface area contributed by atoms with Crippen LogP contribution in [0.4, 0.5) is 0 Å². The van der Waals surface area contributed by atoms with E-state index in [-0.39, 0.29) is 0 Å². The van der Waals surface area contributed by atoms with Crippen molar-refractivity contribution in [3.63, 3.8) is 0 Å². The smallest absolute Gasteiger partial charge is 0.250 e. The maximum Gasteiger partial charge on any atom is 0.250 e. The minimum Gasteiger partial charge on any atom is -0.326 e. The normalized spacial score (nSPS) is 11.9. The van der Waals surface area contributed by atoms with E-state index in [0.29, 0.717) is 30.1 Å². The SMILES string of the molecule is Cc1cc(S(=O)(=O)NCCCc2ncn[nH]2)sc1CN. The average molecular weight is 315 g/mol. The molecule has 0 radical (unpaired) electrons. The van der Waals surface area contributed by atoms with Gasteiger partial charge >= 0.3 is 0 Å². The van der Waals surface area contributed by atoms with Gasteiger partial charge in [-0.15, -0.1) is 11.3 Å². The molecule has 2 rings (SSSR count). The molecule has 2 heterocycles. The molecule has 0 aliphatic rings. The molecule has 2 aromatic heterocycles. The van der Waals surface area contributed by atoms with E-state index in [1.54, 1.807) is 6.07 Å². The Morgan fingerprint density at radius 1 is 1.50 bits per heavy atom. The first-order chi connectivity index (χ1) is 9.53. The lowest BCUT2D eigenvalue weighted by atomic mass is 10.3. The number of aromatic nitrogens is 3. The number of hydrogen-bond acceptors (Lipinski definition) is 6. The number of H-pyrrole nitrogens is 1. The second kappa shape index (κ2) is 6.44. The number of rotatable bonds is 7. The number of nitrogens with zero attached hydrogens (tertiary/aromatic N) is 2. The Kier molecular flexibility index (Phi) is 4.86. The van der Waals surface area contributed by atoms with Gasteiger partial charge in [0, 0.05) is 24.4 Å². The van der Waals surface area contributed by atoms with Gasteiger partial charge in [-0.2, -0.15) is 5.10 Å². The highest BCUT2D eigenvalue weighted by atomic mass is 32.2. The Hall–Kier alpha value is -1.29. The highest BCUT2D eigenvalue weighted by Gasteiger charge is 2.17. The molecule has 4 N–H and O–H groups in total. The maximum atomic E-state index is 12.1. The number of aromatic amines is 1. The van der Waals surface area contributed by atoms with E-state index in [1.165, 1.54) is 17.7 Å². The lowest BCUT2D eigenvalue weighted by Crippen LogP contribution is -2.24. The predicted octanol–water partition coefficient (Wildman–Crippen LogP) is 0.544. The summed E-state index contributed by atoms with van der Waals surface area (Å²) in [5, 5.41) is 6.47. The highest BCUT2D eigenvalue weighted by Crippen LogP contribution is 2.25. The van der Waals surface area contributed by atoms with E-state index in [9.17, 15) is 8.42 Å². The molecule has 0 aromatic carbocycles. The summed E-state index contributed by atoms with van der Waals surface area (Å²) in [6.45, 7) is 2.58. The fourth-order valence-corrected chi connectivity index (χ4v) is 4.29. The molecule has 20 heavy (non-hydrogen) atoms. The molecule has 0 fully saturated rings. The van der Waals surface area contributed by atoms with Gasteiger partial charge in [-0.1, -0.05) is 0 Å². The molecule has 0 amide bonds. The number of hydrogen-bond donors (Lipinski definition) is 3. The van der Waals surface area contributed by atoms with Crippen LogP contribution in [0.1, 0.15) is 22.7 Å². The van der Waals surface area contributed by atoms with Crippen LogP contribution in [-0.4, -0.2) is 30.1 Å². The molecule has 2 aromatic rings. The van der Waals surface area contributed by atoms with Gasteiger partial charge in [0.05, 0.1) is 0 Å². The first-order valence-electron chi connectivity index (χ1n) is 6.16. The summed E-state index contributed by atoms with van der Waals surface area (Å²) in [5.74, 6) is 0.751. The molecular formula is C11H17N5O2S2. The first kappa shape index (κ1) is 15.1. The average Bonchev–Trinajstić information content (AvgIpc) is 3.04. The second-order valence-electron chi connectivity index (χ2n) is 4.31. The maximum absolute atomic E-state index is 12.1. The number of thiophene rings is 1. The van der Waals surface area contributed by atoms with Gasteiger partial charge in [-0.25, -0.2) is 18.1 Å². The molecule has 0 unspecified atom stereocenters. The molecular weight excluding hydrogens is 298 g/mol. The van der Waals surface area contributed by atoms with Crippen molar-refractivity contribution < 1.29 is 8.42 Å². The lowest BCUT2D eigenvalue weighted by Gasteiger charge is -2.03. The zero-order valence-corrected chi connectivity index (χ0v) is 12.7. The molecule has 9 heteroatoms. The summed E-state index contributed by atoms with van der Waals surface area (Å²) in [5.41, 5.74) is 6.48. The number of nitrogens with two attached hydrogens (primary N) is 1. The van der Waals surface area contributed by atoms with Gasteiger partial charge in [0.1, 0.15) is 16.4 Å². The standard InChI is InChI=1S/C11H17N5O2S2/c1-8-5-11(19-9(8)6-12)20(17,18)15-4-2-3-10-13-7-14-16-10/h5,7,15H,2-4,6,12H2,1H3,(H,13,14,16). The Bertz CT molecular complexity index is 648. The van der Waals surface area contributed by atoms with Crippen molar-refractivity contribution in [3.05, 3.63) is 28.7 Å². The summed E-state index contributed by atoms with van der Waals surface area (Å²) in [4.78, 5) is 4.87. The predicted molar refractivity (Wildman–Crippen MR) is 76.8 cm³/mol. The van der Waals surface area contributed by atoms with Gasteiger partial charge in [0.15, 0.2) is 0 Å². The van der Waals surface area contributed by atoms with Crippen molar-refractivity contribution in [1.29, 1.82) is 0 Å². The molecule has 0 saturated carbocycles. The number of aryl methyl sites for hydroxylation is 2. The molecule has 0 aliphatic heterocycles. The fraction of sp³-hybridized carbons (Fsp3) is 0.455. The van der Waals surface area contributed by atoms with Crippen molar-refractivity contribution >= 4 is 21.4 Å². The Morgan fingerprint density at radius 2 is 2.30 bits per heavy atom. The van der Waals surface area contributed by atoms with E-state index in [1.807, 2.05) is 6.92 Å². The molecule has 0 aliphatic carbocycles. The zero-order chi connectivity index (χ0) is 14.6. The van der Waals surface area contributed by atoms with Gasteiger partial charge < -0.3 is 5.73 Å². The highest BCUT2D eigenvalue weighted by molar-refractivity contribution is 7.91. The van der Waals surface area contributed by atoms with E-state index < -0.39 is 10.0 Å². The summed E-state index contributed by atoms with van der Waals surface area (Å²) in [7, 11) is -3.45. The van der Waals surface area contributed by atoms with Crippen LogP contribution >= 0.6 is 11.3 Å². The molecule has 7 nitrogen and oxygen atoms in total. The fourth-order valence-electron chi connectivity index (χ4n) is 1.71. The molecule has 0 saturated heterocycles. The van der Waals surface area contributed by atoms with Gasteiger partial charge in [0.25, 0.3) is 0 Å². The monoisotopic (exact) mass is 315 g/mol. The van der Waals surface area contributed by atoms with E-state index in [2.05, 4.69) is 19.9 Å². The van der Waals surface area contributed by atoms with Crippen LogP contribution in [0, 0.1) is 6.92 Å². The lowest BCUT2D eigenvalue weighted by molar-refractivity contribution is 0.580. The van der Waals surface area contributed by atoms with Gasteiger partial charge in [0.2, 0.25) is 10.0 Å². The quantitative estimate of drug-likeness (QED) is 0.645. The van der Waals surface area contributed by atoms with E-state index >= 15 is 0 Å². The topological polar surface area (TPSA) is 114 Å². The van der Waals surface area contributed by atoms with Crippen LogP contribution in [0.5, 0.6) is 0 Å². The largest absolute Gasteiger partial charge is 0.326 e. The van der Waals surface area contributed by atoms with Crippen molar-refractivity contribution in [3.8, 4) is 0 Å². The first-order valence-corrected chi connectivity index (χ1v) is 8.46. The van der Waals surface area contributed by atoms with Crippen LogP contribution in [0.2, 0.25) is 0 Å². The van der Waals surface area contributed by atoms with E-state index in [0.717, 1.165) is 16.3 Å². The minimum atomic E-state index is -3.45. The summed E-state index contributed by atoms with van der Waals surface area (Å²) < 4.78 is 27.1. The molecule has 0 atom stereocenters. The van der Waals surface area contributed by atoms with Crippen molar-refractivity contribution in [2.75, 3.05) is 6.54 Å². The summed E-state index contributed by atoms with van der Waals surface area (Å²) >= 11 is 1.22. The minimum absolute atomic E-state index is 0.315. The number of nitrogens with one attached hydrogen (secondary N) is 2. The number of sulfonamides is 1. The third-order valence-electron chi connectivity index (χ3n) is 2.80. The third kappa shape index (κ3) is 3.63. The zero-order valence-electron chi connectivity index (χ0n) is 11.1. The third-order valence-corrected chi connectivity index (χ3v) is 5.99. The molecule has 0 spiro atoms. The summed E-state index contributed by atoms with van der Waals surface area (Å²) in [6, 6.07) is 1.66. The van der Waals surface area contributed by atoms with Crippen LogP contribution in [-0.2, 0) is 23.0 Å². The Morgan fingerprint density at radius 3 is 2.90 bits per heavy atom. The van der Waals surface area contributed by atoms with Crippen molar-refractivity contribution in [2.45, 2.75) is 30.5 Å².